The van der Waals surface area contributed by atoms with Gasteiger partial charge >= 0.3 is 5.97 Å². The molecule has 8 heteroatoms. The van der Waals surface area contributed by atoms with Gasteiger partial charge in [0, 0.05) is 5.56 Å². The molecule has 0 saturated heterocycles. The van der Waals surface area contributed by atoms with Crippen LogP contribution in [0, 0.1) is 11.3 Å². The number of benzene rings is 2. The lowest BCUT2D eigenvalue weighted by molar-refractivity contribution is -0.139. The summed E-state index contributed by atoms with van der Waals surface area (Å²) in [6.45, 7) is 7.87. The van der Waals surface area contributed by atoms with E-state index in [9.17, 15) is 9.59 Å². The van der Waals surface area contributed by atoms with E-state index in [0.29, 0.717) is 37.8 Å². The van der Waals surface area contributed by atoms with Crippen LogP contribution in [0.25, 0.3) is 6.08 Å². The summed E-state index contributed by atoms with van der Waals surface area (Å²) in [7, 11) is 0. The number of ether oxygens (including phenoxy) is 2. The Kier molecular flexibility index (Phi) is 7.51. The van der Waals surface area contributed by atoms with Crippen molar-refractivity contribution in [1.29, 1.82) is 5.26 Å². The largest absolute Gasteiger partial charge is 0.478 e. The van der Waals surface area contributed by atoms with Crippen molar-refractivity contribution >= 4 is 23.4 Å². The van der Waals surface area contributed by atoms with Crippen molar-refractivity contribution in [3.63, 3.8) is 0 Å². The number of thiazole rings is 1. The smallest absolute Gasteiger partial charge is 0.338 e. The third-order valence-corrected chi connectivity index (χ3v) is 6.92. The number of para-hydroxylation sites is 1. The Bertz CT molecular complexity index is 1540. The normalized spacial score (nSPS) is 15.3. The van der Waals surface area contributed by atoms with Crippen LogP contribution in [0.15, 0.2) is 69.6 Å². The van der Waals surface area contributed by atoms with Gasteiger partial charge in [0.1, 0.15) is 11.8 Å². The van der Waals surface area contributed by atoms with E-state index in [2.05, 4.69) is 18.8 Å². The van der Waals surface area contributed by atoms with Gasteiger partial charge in [-0.15, -0.1) is 0 Å². The SMILES string of the molecule is CCOC(=O)C1=C(C)N=c2s/c(=C\c3ccccc3OCC#N)c(=O)n2[C@H]1c1ccc(C(C)C)cc1. The van der Waals surface area contributed by atoms with E-state index in [1.807, 2.05) is 42.5 Å². The first-order valence-electron chi connectivity index (χ1n) is 11.7. The number of carbonyl (C=O) groups excluding carboxylic acids is 1. The van der Waals surface area contributed by atoms with Crippen LogP contribution in [0.2, 0.25) is 0 Å². The Morgan fingerprint density at radius 1 is 1.22 bits per heavy atom. The van der Waals surface area contributed by atoms with E-state index >= 15 is 0 Å². The van der Waals surface area contributed by atoms with Gasteiger partial charge in [-0.2, -0.15) is 5.26 Å². The highest BCUT2D eigenvalue weighted by molar-refractivity contribution is 7.07. The number of hydrogen-bond donors (Lipinski definition) is 0. The first-order chi connectivity index (χ1) is 17.3. The predicted octanol–water partition coefficient (Wildman–Crippen LogP) is 3.82. The maximum Gasteiger partial charge on any atom is 0.338 e. The van der Waals surface area contributed by atoms with Crippen molar-refractivity contribution in [2.75, 3.05) is 13.2 Å². The molecule has 1 aliphatic rings. The number of allylic oxidation sites excluding steroid dienone is 1. The van der Waals surface area contributed by atoms with Gasteiger partial charge in [-0.1, -0.05) is 67.6 Å². The van der Waals surface area contributed by atoms with Crippen LogP contribution in [-0.2, 0) is 9.53 Å². The minimum atomic E-state index is -0.659. The highest BCUT2D eigenvalue weighted by Crippen LogP contribution is 2.31. The van der Waals surface area contributed by atoms with Crippen LogP contribution in [0.5, 0.6) is 5.75 Å². The zero-order chi connectivity index (χ0) is 25.8. The van der Waals surface area contributed by atoms with Crippen LogP contribution < -0.4 is 19.6 Å². The van der Waals surface area contributed by atoms with E-state index in [1.54, 1.807) is 36.6 Å². The average molecular weight is 502 g/mol. The Morgan fingerprint density at radius 3 is 2.61 bits per heavy atom. The third-order valence-electron chi connectivity index (χ3n) is 5.93. The molecule has 3 aromatic rings. The monoisotopic (exact) mass is 501 g/mol. The summed E-state index contributed by atoms with van der Waals surface area (Å²) < 4.78 is 12.9. The Morgan fingerprint density at radius 2 is 1.94 bits per heavy atom. The van der Waals surface area contributed by atoms with Gasteiger partial charge < -0.3 is 9.47 Å². The molecule has 36 heavy (non-hydrogen) atoms. The van der Waals surface area contributed by atoms with E-state index in [1.165, 1.54) is 16.9 Å². The lowest BCUT2D eigenvalue weighted by atomic mass is 9.93. The summed E-state index contributed by atoms with van der Waals surface area (Å²) in [5, 5.41) is 8.89. The second kappa shape index (κ2) is 10.8. The van der Waals surface area contributed by atoms with Crippen molar-refractivity contribution < 1.29 is 14.3 Å². The third kappa shape index (κ3) is 4.88. The van der Waals surface area contributed by atoms with Gasteiger partial charge in [0.25, 0.3) is 5.56 Å². The lowest BCUT2D eigenvalue weighted by Gasteiger charge is -2.25. The van der Waals surface area contributed by atoms with Gasteiger partial charge in [-0.05, 0) is 43.0 Å². The maximum absolute atomic E-state index is 13.7. The molecule has 2 heterocycles. The van der Waals surface area contributed by atoms with Gasteiger partial charge in [-0.25, -0.2) is 9.79 Å². The first kappa shape index (κ1) is 25.1. The molecule has 0 amide bonds. The molecule has 1 aliphatic heterocycles. The van der Waals surface area contributed by atoms with Gasteiger partial charge in [0.2, 0.25) is 0 Å². The molecule has 7 nitrogen and oxygen atoms in total. The second-order valence-corrected chi connectivity index (χ2v) is 9.62. The van der Waals surface area contributed by atoms with Crippen molar-refractivity contribution in [1.82, 2.24) is 4.57 Å². The molecule has 4 rings (SSSR count). The number of nitrogens with zero attached hydrogens (tertiary/aromatic N) is 3. The Hall–Kier alpha value is -3.96. The topological polar surface area (TPSA) is 93.7 Å². The standard InChI is InChI=1S/C28H27N3O4S/c1-5-34-27(33)24-18(4)30-28-31(25(24)20-12-10-19(11-13-20)17(2)3)26(32)23(36-28)16-21-8-6-7-9-22(21)35-15-14-29/h6-13,16-17,25H,5,15H2,1-4H3/b23-16-/t25-/m0/s1. The zero-order valence-corrected chi connectivity index (χ0v) is 21.5. The summed E-state index contributed by atoms with van der Waals surface area (Å²) in [5.74, 6) is 0.376. The van der Waals surface area contributed by atoms with E-state index < -0.39 is 12.0 Å². The van der Waals surface area contributed by atoms with Crippen molar-refractivity contribution in [3.05, 3.63) is 96.2 Å². The molecule has 2 aromatic carbocycles. The molecular weight excluding hydrogens is 474 g/mol. The Balaban J connectivity index is 1.91. The number of esters is 1. The molecule has 0 N–H and O–H groups in total. The van der Waals surface area contributed by atoms with E-state index in [0.717, 1.165) is 5.56 Å². The highest BCUT2D eigenvalue weighted by atomic mass is 32.1. The molecule has 0 bridgehead atoms. The fraction of sp³-hybridized carbons (Fsp3) is 0.286. The number of hydrogen-bond acceptors (Lipinski definition) is 7. The quantitative estimate of drug-likeness (QED) is 0.459. The average Bonchev–Trinajstić information content (AvgIpc) is 3.17. The second-order valence-electron chi connectivity index (χ2n) is 8.61. The number of nitriles is 1. The number of fused-ring (bicyclic) bond motifs is 1. The predicted molar refractivity (Wildman–Crippen MR) is 138 cm³/mol. The first-order valence-corrected chi connectivity index (χ1v) is 12.6. The summed E-state index contributed by atoms with van der Waals surface area (Å²) in [6, 6.07) is 16.5. The van der Waals surface area contributed by atoms with E-state index in [4.69, 9.17) is 14.7 Å². The molecule has 0 unspecified atom stereocenters. The van der Waals surface area contributed by atoms with Crippen LogP contribution in [0.1, 0.15) is 56.3 Å². The molecule has 184 valence electrons. The summed E-state index contributed by atoms with van der Waals surface area (Å²) in [5.41, 5.74) is 3.27. The molecule has 1 atom stereocenters. The molecule has 0 saturated carbocycles. The number of rotatable bonds is 7. The lowest BCUT2D eigenvalue weighted by Crippen LogP contribution is -2.39. The highest BCUT2D eigenvalue weighted by Gasteiger charge is 2.33. The summed E-state index contributed by atoms with van der Waals surface area (Å²) in [6.07, 6.45) is 1.73. The van der Waals surface area contributed by atoms with Crippen LogP contribution in [0.3, 0.4) is 0 Å². The molecule has 0 spiro atoms. The number of carbonyl (C=O) groups is 1. The molecular formula is C28H27N3O4S. The maximum atomic E-state index is 13.7. The van der Waals surface area contributed by atoms with Gasteiger partial charge in [0.05, 0.1) is 28.5 Å². The minimum Gasteiger partial charge on any atom is -0.478 e. The molecule has 0 aliphatic carbocycles. The summed E-state index contributed by atoms with van der Waals surface area (Å²) in [4.78, 5) is 31.9. The van der Waals surface area contributed by atoms with Gasteiger partial charge in [0.15, 0.2) is 11.4 Å². The van der Waals surface area contributed by atoms with Crippen molar-refractivity contribution in [2.24, 2.45) is 4.99 Å². The molecule has 1 aromatic heterocycles. The van der Waals surface area contributed by atoms with Crippen LogP contribution in [0.4, 0.5) is 0 Å². The number of aromatic nitrogens is 1. The molecule has 0 fully saturated rings. The fourth-order valence-electron chi connectivity index (χ4n) is 4.15. The van der Waals surface area contributed by atoms with Crippen molar-refractivity contribution in [3.8, 4) is 11.8 Å². The van der Waals surface area contributed by atoms with Crippen molar-refractivity contribution in [2.45, 2.75) is 39.7 Å². The Labute approximate surface area is 213 Å². The zero-order valence-electron chi connectivity index (χ0n) is 20.6. The molecule has 0 radical (unpaired) electrons. The van der Waals surface area contributed by atoms with Gasteiger partial charge in [-0.3, -0.25) is 9.36 Å². The van der Waals surface area contributed by atoms with Crippen LogP contribution >= 0.6 is 11.3 Å². The minimum absolute atomic E-state index is 0.0967. The summed E-state index contributed by atoms with van der Waals surface area (Å²) >= 11 is 1.25. The fourth-order valence-corrected chi connectivity index (χ4v) is 5.19. The van der Waals surface area contributed by atoms with Crippen LogP contribution in [-0.4, -0.2) is 23.8 Å². The van der Waals surface area contributed by atoms with E-state index in [-0.39, 0.29) is 18.8 Å².